The molecular weight excluding hydrogens is 522 g/mol. The van der Waals surface area contributed by atoms with Gasteiger partial charge in [0.2, 0.25) is 5.60 Å². The van der Waals surface area contributed by atoms with Gasteiger partial charge in [-0.1, -0.05) is 0 Å². The van der Waals surface area contributed by atoms with Crippen molar-refractivity contribution >= 4 is 16.9 Å². The number of H-pyrrole nitrogens is 1. The number of fused-ring (bicyclic) bond motifs is 2. The van der Waals surface area contributed by atoms with Crippen LogP contribution in [0, 0.1) is 5.82 Å². The molecule has 204 valence electrons. The van der Waals surface area contributed by atoms with Gasteiger partial charge >= 0.3 is 6.18 Å². The summed E-state index contributed by atoms with van der Waals surface area (Å²) in [5.41, 5.74) is 1.86. The van der Waals surface area contributed by atoms with E-state index in [1.807, 2.05) is 0 Å². The van der Waals surface area contributed by atoms with Crippen molar-refractivity contribution in [3.05, 3.63) is 71.4 Å². The second-order valence-electron chi connectivity index (χ2n) is 9.46. The molecule has 5 rings (SSSR count). The van der Waals surface area contributed by atoms with Crippen LogP contribution in [0.3, 0.4) is 0 Å². The summed E-state index contributed by atoms with van der Waals surface area (Å²) >= 11 is 0. The Bertz CT molecular complexity index is 1570. The molecule has 0 saturated carbocycles. The number of amides is 1. The van der Waals surface area contributed by atoms with Gasteiger partial charge in [0.25, 0.3) is 5.91 Å². The Balaban J connectivity index is 1.56. The number of pyridine rings is 1. The number of aromatic amines is 1. The smallest absolute Gasteiger partial charge is 0.424 e. The van der Waals surface area contributed by atoms with Crippen molar-refractivity contribution in [3.8, 4) is 22.8 Å². The highest BCUT2D eigenvalue weighted by atomic mass is 19.4. The topological polar surface area (TPSA) is 135 Å². The molecule has 13 heteroatoms. The molecule has 3 heterocycles. The molecule has 0 radical (unpaired) electrons. The highest BCUT2D eigenvalue weighted by molar-refractivity contribution is 5.99. The Hall–Kier alpha value is -4.23. The van der Waals surface area contributed by atoms with Crippen molar-refractivity contribution < 1.29 is 36.9 Å². The number of hydrogen-bond donors (Lipinski definition) is 4. The third-order valence-electron chi connectivity index (χ3n) is 6.59. The number of benzene rings is 2. The molecule has 0 unspecified atom stereocenters. The molecule has 1 aliphatic rings. The van der Waals surface area contributed by atoms with Crippen molar-refractivity contribution in [1.82, 2.24) is 20.3 Å². The van der Waals surface area contributed by atoms with Crippen molar-refractivity contribution in [2.75, 3.05) is 20.3 Å². The number of halogens is 4. The molecule has 0 spiro atoms. The number of imidazole rings is 1. The second kappa shape index (κ2) is 9.20. The zero-order valence-electron chi connectivity index (χ0n) is 20.7. The van der Waals surface area contributed by atoms with Crippen molar-refractivity contribution in [1.29, 1.82) is 0 Å². The van der Waals surface area contributed by atoms with E-state index in [1.54, 1.807) is 6.92 Å². The van der Waals surface area contributed by atoms with Crippen LogP contribution >= 0.6 is 0 Å². The minimum atomic E-state index is -5.27. The molecule has 9 nitrogen and oxygen atoms in total. The molecule has 0 bridgehead atoms. The van der Waals surface area contributed by atoms with Crippen molar-refractivity contribution in [3.63, 3.8) is 0 Å². The van der Waals surface area contributed by atoms with Crippen molar-refractivity contribution in [2.45, 2.75) is 24.2 Å². The van der Waals surface area contributed by atoms with E-state index in [4.69, 9.17) is 15.2 Å². The first-order valence-electron chi connectivity index (χ1n) is 11.7. The first kappa shape index (κ1) is 26.4. The summed E-state index contributed by atoms with van der Waals surface area (Å²) < 4.78 is 67.8. The van der Waals surface area contributed by atoms with Gasteiger partial charge in [0.15, 0.2) is 5.75 Å². The molecule has 0 aliphatic carbocycles. The van der Waals surface area contributed by atoms with E-state index in [1.165, 1.54) is 37.7 Å². The number of aliphatic hydroxyl groups is 1. The first-order valence-corrected chi connectivity index (χ1v) is 11.7. The SMILES string of the molecule is COc1cc(C(=O)NC[C@@](O)(c2cc3c(c(-c4ccc(F)cc4)n2)OC[C@@]3(C)N)C(F)(F)F)cc2[nH]cnc12. The Morgan fingerprint density at radius 2 is 1.97 bits per heavy atom. The Labute approximate surface area is 219 Å². The third-order valence-corrected chi connectivity index (χ3v) is 6.59. The first-order chi connectivity index (χ1) is 18.3. The van der Waals surface area contributed by atoms with Gasteiger partial charge in [-0.05, 0) is 49.4 Å². The molecule has 2 aromatic carbocycles. The quantitative estimate of drug-likeness (QED) is 0.272. The maximum atomic E-state index is 14.5. The molecule has 4 aromatic rings. The predicted molar refractivity (Wildman–Crippen MR) is 132 cm³/mol. The Morgan fingerprint density at radius 1 is 1.26 bits per heavy atom. The van der Waals surface area contributed by atoms with Gasteiger partial charge in [-0.25, -0.2) is 14.4 Å². The maximum Gasteiger partial charge on any atom is 0.424 e. The fourth-order valence-corrected chi connectivity index (χ4v) is 4.37. The number of nitrogens with one attached hydrogen (secondary N) is 2. The largest absolute Gasteiger partial charge is 0.494 e. The van der Waals surface area contributed by atoms with Crippen LogP contribution in [0.4, 0.5) is 17.6 Å². The number of hydrogen-bond acceptors (Lipinski definition) is 7. The minimum Gasteiger partial charge on any atom is -0.494 e. The average molecular weight is 545 g/mol. The van der Waals surface area contributed by atoms with E-state index >= 15 is 0 Å². The average Bonchev–Trinajstić information content (AvgIpc) is 3.49. The Kier molecular flexibility index (Phi) is 6.23. The molecule has 39 heavy (non-hydrogen) atoms. The lowest BCUT2D eigenvalue weighted by Gasteiger charge is -2.31. The van der Waals surface area contributed by atoms with Crippen LogP contribution in [0.1, 0.15) is 28.5 Å². The Morgan fingerprint density at radius 3 is 2.64 bits per heavy atom. The monoisotopic (exact) mass is 545 g/mol. The highest BCUT2D eigenvalue weighted by Gasteiger charge is 2.57. The zero-order chi connectivity index (χ0) is 28.2. The summed E-state index contributed by atoms with van der Waals surface area (Å²) in [5.74, 6) is -1.10. The maximum absolute atomic E-state index is 14.5. The number of methoxy groups -OCH3 is 1. The van der Waals surface area contributed by atoms with Crippen LogP contribution in [0.15, 0.2) is 48.8 Å². The number of nitrogens with two attached hydrogens (primary N) is 1. The van der Waals surface area contributed by atoms with Gasteiger partial charge in [0.05, 0.1) is 36.7 Å². The van der Waals surface area contributed by atoms with E-state index in [-0.39, 0.29) is 40.5 Å². The number of ether oxygens (including phenoxy) is 2. The standard InChI is InChI=1S/C26H23F4N5O4/c1-24(31)11-39-22-16(24)9-19(35-20(22)13-3-5-15(27)6-4-13)25(37,26(28,29)30)10-32-23(36)14-7-17-21(34-12-33-17)18(8-14)38-2/h3-9,12,37H,10-11,31H2,1-2H3,(H,32,36)(H,33,34)/t24-,25-/m1/s1. The number of rotatable bonds is 6. The number of alkyl halides is 3. The van der Waals surface area contributed by atoms with Gasteiger partial charge in [-0.3, -0.25) is 4.79 Å². The van der Waals surface area contributed by atoms with E-state index in [0.717, 1.165) is 18.2 Å². The number of carbonyl (C=O) groups excluding carboxylic acids is 1. The molecular formula is C26H23F4N5O4. The number of aromatic nitrogens is 3. The normalized spacial score (nSPS) is 18.4. The van der Waals surface area contributed by atoms with E-state index in [9.17, 15) is 27.5 Å². The molecule has 2 aromatic heterocycles. The summed E-state index contributed by atoms with van der Waals surface area (Å²) in [7, 11) is 1.36. The lowest BCUT2D eigenvalue weighted by Crippen LogP contribution is -2.51. The molecule has 5 N–H and O–H groups in total. The summed E-state index contributed by atoms with van der Waals surface area (Å²) in [6.07, 6.45) is -3.89. The number of nitrogens with zero attached hydrogens (tertiary/aromatic N) is 2. The fourth-order valence-electron chi connectivity index (χ4n) is 4.37. The molecule has 1 amide bonds. The highest BCUT2D eigenvalue weighted by Crippen LogP contribution is 2.46. The van der Waals surface area contributed by atoms with E-state index < -0.39 is 41.3 Å². The van der Waals surface area contributed by atoms with Gasteiger partial charge in [0.1, 0.15) is 29.4 Å². The molecule has 0 fully saturated rings. The van der Waals surface area contributed by atoms with Crippen LogP contribution in [-0.2, 0) is 11.1 Å². The minimum absolute atomic E-state index is 0.0232. The molecule has 1 aliphatic heterocycles. The fraction of sp³-hybridized carbons (Fsp3) is 0.269. The lowest BCUT2D eigenvalue weighted by molar-refractivity contribution is -0.265. The zero-order valence-corrected chi connectivity index (χ0v) is 20.7. The van der Waals surface area contributed by atoms with E-state index in [0.29, 0.717) is 11.0 Å². The predicted octanol–water partition coefficient (Wildman–Crippen LogP) is 3.52. The van der Waals surface area contributed by atoms with Crippen LogP contribution in [0.2, 0.25) is 0 Å². The number of carbonyl (C=O) groups is 1. The molecule has 0 saturated heterocycles. The van der Waals surface area contributed by atoms with Crippen LogP contribution < -0.4 is 20.5 Å². The summed E-state index contributed by atoms with van der Waals surface area (Å²) in [4.78, 5) is 23.9. The van der Waals surface area contributed by atoms with Gasteiger partial charge in [0, 0.05) is 16.7 Å². The van der Waals surface area contributed by atoms with Crippen LogP contribution in [0.5, 0.6) is 11.5 Å². The van der Waals surface area contributed by atoms with Crippen LogP contribution in [0.25, 0.3) is 22.3 Å². The summed E-state index contributed by atoms with van der Waals surface area (Å²) in [5, 5.41) is 13.2. The van der Waals surface area contributed by atoms with Gasteiger partial charge in [-0.15, -0.1) is 0 Å². The second-order valence-corrected chi connectivity index (χ2v) is 9.46. The van der Waals surface area contributed by atoms with Gasteiger partial charge in [-0.2, -0.15) is 13.2 Å². The van der Waals surface area contributed by atoms with E-state index in [2.05, 4.69) is 20.3 Å². The third kappa shape index (κ3) is 4.53. The lowest BCUT2D eigenvalue weighted by atomic mass is 9.89. The summed E-state index contributed by atoms with van der Waals surface area (Å²) in [6.45, 7) is 0.237. The van der Waals surface area contributed by atoms with Gasteiger partial charge < -0.3 is 30.6 Å². The molecule has 2 atom stereocenters. The summed E-state index contributed by atoms with van der Waals surface area (Å²) in [6, 6.07) is 8.62. The van der Waals surface area contributed by atoms with Crippen molar-refractivity contribution in [2.24, 2.45) is 5.73 Å². The van der Waals surface area contributed by atoms with Crippen LogP contribution in [-0.4, -0.2) is 52.4 Å².